The topological polar surface area (TPSA) is 30.7 Å². The maximum atomic E-state index is 6.32. The molecule has 0 saturated heterocycles. The number of alkyl halides is 1. The van der Waals surface area contributed by atoms with Gasteiger partial charge in [0, 0.05) is 11.7 Å². The maximum absolute atomic E-state index is 6.32. The van der Waals surface area contributed by atoms with Crippen LogP contribution in [0, 0.1) is 12.8 Å². The van der Waals surface area contributed by atoms with Crippen LogP contribution in [0.3, 0.4) is 0 Å². The van der Waals surface area contributed by atoms with Crippen LogP contribution in [0.1, 0.15) is 63.5 Å². The lowest BCUT2D eigenvalue weighted by atomic mass is 10.0. The highest BCUT2D eigenvalue weighted by molar-refractivity contribution is 6.20. The van der Waals surface area contributed by atoms with Gasteiger partial charge in [-0.1, -0.05) is 13.8 Å². The summed E-state index contributed by atoms with van der Waals surface area (Å²) in [5, 5.41) is -0.106. The van der Waals surface area contributed by atoms with Crippen LogP contribution in [0.25, 0.3) is 11.2 Å². The van der Waals surface area contributed by atoms with Crippen molar-refractivity contribution in [3.63, 3.8) is 0 Å². The molecule has 0 fully saturated rings. The van der Waals surface area contributed by atoms with Gasteiger partial charge in [-0.3, -0.25) is 0 Å². The van der Waals surface area contributed by atoms with E-state index in [1.807, 2.05) is 26.0 Å². The Morgan fingerprint density at radius 2 is 1.80 bits per heavy atom. The standard InChI is InChI=1S/C16H24ClN3/c1-10(2)6-8-12(4)20-15(13(5)17)19-14-9-7-11(3)18-16(14)20/h7,9-10,12-13H,6,8H2,1-5H3. The first kappa shape index (κ1) is 15.3. The number of aryl methyl sites for hydroxylation is 1. The number of hydrogen-bond acceptors (Lipinski definition) is 2. The van der Waals surface area contributed by atoms with Gasteiger partial charge in [0.1, 0.15) is 11.3 Å². The van der Waals surface area contributed by atoms with Crippen molar-refractivity contribution in [2.75, 3.05) is 0 Å². The molecule has 2 unspecified atom stereocenters. The summed E-state index contributed by atoms with van der Waals surface area (Å²) in [5.41, 5.74) is 2.92. The van der Waals surface area contributed by atoms with Crippen molar-refractivity contribution >= 4 is 22.8 Å². The van der Waals surface area contributed by atoms with Gasteiger partial charge in [-0.25, -0.2) is 9.97 Å². The molecule has 3 nitrogen and oxygen atoms in total. The van der Waals surface area contributed by atoms with Crippen LogP contribution < -0.4 is 0 Å². The number of aromatic nitrogens is 3. The zero-order valence-electron chi connectivity index (χ0n) is 13.0. The molecule has 4 heteroatoms. The van der Waals surface area contributed by atoms with Crippen molar-refractivity contribution in [1.29, 1.82) is 0 Å². The zero-order valence-corrected chi connectivity index (χ0v) is 13.8. The van der Waals surface area contributed by atoms with Gasteiger partial charge in [0.05, 0.1) is 5.38 Å². The van der Waals surface area contributed by atoms with Crippen LogP contribution >= 0.6 is 11.6 Å². The minimum atomic E-state index is -0.106. The highest BCUT2D eigenvalue weighted by Crippen LogP contribution is 2.29. The van der Waals surface area contributed by atoms with Crippen LogP contribution in [-0.2, 0) is 0 Å². The third-order valence-electron chi connectivity index (χ3n) is 3.66. The average Bonchev–Trinajstić information content (AvgIpc) is 2.74. The van der Waals surface area contributed by atoms with Crippen molar-refractivity contribution in [2.45, 2.75) is 58.9 Å². The molecule has 110 valence electrons. The summed E-state index contributed by atoms with van der Waals surface area (Å²) >= 11 is 6.32. The fourth-order valence-electron chi connectivity index (χ4n) is 2.50. The van der Waals surface area contributed by atoms with Crippen molar-refractivity contribution in [3.05, 3.63) is 23.7 Å². The van der Waals surface area contributed by atoms with Crippen molar-refractivity contribution in [3.8, 4) is 0 Å². The predicted molar refractivity (Wildman–Crippen MR) is 85.3 cm³/mol. The van der Waals surface area contributed by atoms with Crippen LogP contribution in [0.4, 0.5) is 0 Å². The van der Waals surface area contributed by atoms with E-state index in [0.717, 1.165) is 29.1 Å². The Balaban J connectivity index is 2.47. The van der Waals surface area contributed by atoms with E-state index in [4.69, 9.17) is 11.6 Å². The lowest BCUT2D eigenvalue weighted by molar-refractivity contribution is 0.435. The monoisotopic (exact) mass is 293 g/mol. The molecule has 0 aliphatic carbocycles. The fraction of sp³-hybridized carbons (Fsp3) is 0.625. The van der Waals surface area contributed by atoms with E-state index in [1.54, 1.807) is 0 Å². The summed E-state index contributed by atoms with van der Waals surface area (Å²) in [5.74, 6) is 1.63. The fourth-order valence-corrected chi connectivity index (χ4v) is 2.66. The smallest absolute Gasteiger partial charge is 0.160 e. The minimum absolute atomic E-state index is 0.106. The van der Waals surface area contributed by atoms with Crippen LogP contribution in [0.2, 0.25) is 0 Å². The minimum Gasteiger partial charge on any atom is -0.309 e. The first-order valence-corrected chi connectivity index (χ1v) is 7.83. The molecule has 0 saturated carbocycles. The molecule has 0 aromatic carbocycles. The second-order valence-corrected chi connectivity index (χ2v) is 6.73. The third-order valence-corrected chi connectivity index (χ3v) is 3.86. The second-order valence-electron chi connectivity index (χ2n) is 6.07. The molecule has 0 aliphatic heterocycles. The number of fused-ring (bicyclic) bond motifs is 1. The van der Waals surface area contributed by atoms with Crippen LogP contribution in [0.5, 0.6) is 0 Å². The van der Waals surface area contributed by atoms with Gasteiger partial charge in [0.2, 0.25) is 0 Å². The lowest BCUT2D eigenvalue weighted by Gasteiger charge is -2.19. The van der Waals surface area contributed by atoms with Crippen LogP contribution in [0.15, 0.2) is 12.1 Å². The Kier molecular flexibility index (Phi) is 4.69. The van der Waals surface area contributed by atoms with E-state index in [-0.39, 0.29) is 5.38 Å². The number of nitrogens with zero attached hydrogens (tertiary/aromatic N) is 3. The molecular weight excluding hydrogens is 270 g/mol. The number of halogens is 1. The summed E-state index contributed by atoms with van der Waals surface area (Å²) in [4.78, 5) is 9.34. The molecule has 2 atom stereocenters. The summed E-state index contributed by atoms with van der Waals surface area (Å²) < 4.78 is 2.22. The SMILES string of the molecule is Cc1ccc2nc(C(C)Cl)n(C(C)CCC(C)C)c2n1. The predicted octanol–water partition coefficient (Wildman–Crippen LogP) is 5.04. The Labute approximate surface area is 126 Å². The average molecular weight is 294 g/mol. The molecule has 0 amide bonds. The van der Waals surface area contributed by atoms with Gasteiger partial charge in [0.25, 0.3) is 0 Å². The molecule has 0 radical (unpaired) electrons. The summed E-state index contributed by atoms with van der Waals surface area (Å²) in [6.45, 7) is 10.7. The first-order valence-electron chi connectivity index (χ1n) is 7.39. The molecule has 0 aliphatic rings. The molecule has 20 heavy (non-hydrogen) atoms. The number of hydrogen-bond donors (Lipinski definition) is 0. The Morgan fingerprint density at radius 1 is 1.10 bits per heavy atom. The van der Waals surface area contributed by atoms with E-state index in [9.17, 15) is 0 Å². The molecule has 2 aromatic rings. The Hall–Kier alpha value is -1.09. The number of imidazole rings is 1. The zero-order chi connectivity index (χ0) is 14.9. The van der Waals surface area contributed by atoms with E-state index >= 15 is 0 Å². The van der Waals surface area contributed by atoms with Gasteiger partial charge >= 0.3 is 0 Å². The normalized spacial score (nSPS) is 14.9. The van der Waals surface area contributed by atoms with Gasteiger partial charge < -0.3 is 4.57 Å². The third kappa shape index (κ3) is 3.14. The molecule has 0 N–H and O–H groups in total. The summed E-state index contributed by atoms with van der Waals surface area (Å²) in [6, 6.07) is 4.40. The van der Waals surface area contributed by atoms with Gasteiger partial charge in [-0.05, 0) is 51.7 Å². The van der Waals surface area contributed by atoms with Gasteiger partial charge in [0.15, 0.2) is 5.65 Å². The van der Waals surface area contributed by atoms with Gasteiger partial charge in [-0.2, -0.15) is 0 Å². The van der Waals surface area contributed by atoms with Crippen molar-refractivity contribution in [1.82, 2.24) is 14.5 Å². The molecule has 2 rings (SSSR count). The highest BCUT2D eigenvalue weighted by atomic mass is 35.5. The lowest BCUT2D eigenvalue weighted by Crippen LogP contribution is -2.11. The second kappa shape index (κ2) is 6.13. The van der Waals surface area contributed by atoms with Crippen molar-refractivity contribution in [2.24, 2.45) is 5.92 Å². The van der Waals surface area contributed by atoms with Crippen LogP contribution in [-0.4, -0.2) is 14.5 Å². The molecule has 2 aromatic heterocycles. The number of rotatable bonds is 5. The first-order chi connectivity index (χ1) is 9.40. The summed E-state index contributed by atoms with van der Waals surface area (Å²) in [6.07, 6.45) is 2.32. The Morgan fingerprint density at radius 3 is 2.40 bits per heavy atom. The summed E-state index contributed by atoms with van der Waals surface area (Å²) in [7, 11) is 0. The highest BCUT2D eigenvalue weighted by Gasteiger charge is 2.20. The Bertz CT molecular complexity index is 587. The van der Waals surface area contributed by atoms with E-state index < -0.39 is 0 Å². The largest absolute Gasteiger partial charge is 0.309 e. The van der Waals surface area contributed by atoms with Crippen molar-refractivity contribution < 1.29 is 0 Å². The molecular formula is C16H24ClN3. The number of pyridine rings is 1. The molecule has 2 heterocycles. The van der Waals surface area contributed by atoms with E-state index in [0.29, 0.717) is 12.0 Å². The van der Waals surface area contributed by atoms with Gasteiger partial charge in [-0.15, -0.1) is 11.6 Å². The quantitative estimate of drug-likeness (QED) is 0.723. The van der Waals surface area contributed by atoms with E-state index in [2.05, 4.69) is 35.3 Å². The molecule has 0 spiro atoms. The maximum Gasteiger partial charge on any atom is 0.160 e. The molecule has 0 bridgehead atoms. The van der Waals surface area contributed by atoms with E-state index in [1.165, 1.54) is 6.42 Å².